The molecule has 3 rings (SSSR count). The number of carboxylic acid groups (broad SMARTS) is 1. The number of benzene rings is 1. The summed E-state index contributed by atoms with van der Waals surface area (Å²) in [4.78, 5) is 11.4. The van der Waals surface area contributed by atoms with Gasteiger partial charge in [-0.15, -0.1) is 0 Å². The van der Waals surface area contributed by atoms with Crippen molar-refractivity contribution in [3.63, 3.8) is 0 Å². The van der Waals surface area contributed by atoms with Gasteiger partial charge >= 0.3 is 5.97 Å². The standard InChI is InChI=1S/C14H13BrN2O2/c15-11-8-16-17(9-11)12-4-2-10(3-5-12)14(13(18)19)6-1-7-14/h2-5,8-9H,1,6-7H2,(H,18,19). The van der Waals surface area contributed by atoms with Crippen molar-refractivity contribution >= 4 is 21.9 Å². The lowest BCUT2D eigenvalue weighted by Gasteiger charge is -2.38. The average Bonchev–Trinajstić information content (AvgIpc) is 2.75. The van der Waals surface area contributed by atoms with Gasteiger partial charge in [0.1, 0.15) is 0 Å². The molecule has 1 aromatic carbocycles. The molecule has 2 aromatic rings. The zero-order chi connectivity index (χ0) is 13.5. The van der Waals surface area contributed by atoms with Crippen LogP contribution in [0, 0.1) is 0 Å². The van der Waals surface area contributed by atoms with E-state index in [1.165, 1.54) is 0 Å². The second kappa shape index (κ2) is 4.49. The van der Waals surface area contributed by atoms with Crippen molar-refractivity contribution in [2.24, 2.45) is 0 Å². The zero-order valence-electron chi connectivity index (χ0n) is 10.2. The van der Waals surface area contributed by atoms with E-state index in [4.69, 9.17) is 0 Å². The second-order valence-corrected chi connectivity index (χ2v) is 5.81. The van der Waals surface area contributed by atoms with Crippen molar-refractivity contribution in [3.8, 4) is 5.69 Å². The molecule has 0 atom stereocenters. The summed E-state index contributed by atoms with van der Waals surface area (Å²) >= 11 is 3.35. The lowest BCUT2D eigenvalue weighted by Crippen LogP contribution is -2.42. The summed E-state index contributed by atoms with van der Waals surface area (Å²) in [6.07, 6.45) is 6.04. The highest BCUT2D eigenvalue weighted by Gasteiger charge is 2.45. The van der Waals surface area contributed by atoms with Crippen molar-refractivity contribution in [1.82, 2.24) is 9.78 Å². The molecule has 0 saturated heterocycles. The van der Waals surface area contributed by atoms with Crippen LogP contribution in [0.5, 0.6) is 0 Å². The Kier molecular flexibility index (Phi) is 2.93. The van der Waals surface area contributed by atoms with Crippen LogP contribution in [0.1, 0.15) is 24.8 Å². The second-order valence-electron chi connectivity index (χ2n) is 4.89. The third-order valence-corrected chi connectivity index (χ3v) is 4.26. The summed E-state index contributed by atoms with van der Waals surface area (Å²) in [5.41, 5.74) is 1.15. The van der Waals surface area contributed by atoms with E-state index >= 15 is 0 Å². The summed E-state index contributed by atoms with van der Waals surface area (Å²) in [6.45, 7) is 0. The van der Waals surface area contributed by atoms with Crippen LogP contribution < -0.4 is 0 Å². The highest BCUT2D eigenvalue weighted by atomic mass is 79.9. The Hall–Kier alpha value is -1.62. The molecule has 5 heteroatoms. The van der Waals surface area contributed by atoms with Crippen molar-refractivity contribution in [2.75, 3.05) is 0 Å². The molecule has 1 fully saturated rings. The first-order valence-corrected chi connectivity index (χ1v) is 6.96. The van der Waals surface area contributed by atoms with Gasteiger partial charge in [0.05, 0.1) is 21.8 Å². The summed E-state index contributed by atoms with van der Waals surface area (Å²) in [5, 5.41) is 13.6. The van der Waals surface area contributed by atoms with Gasteiger partial charge in [-0.1, -0.05) is 18.6 Å². The Morgan fingerprint density at radius 2 is 2.00 bits per heavy atom. The number of nitrogens with zero attached hydrogens (tertiary/aromatic N) is 2. The average molecular weight is 321 g/mol. The Bertz CT molecular complexity index is 615. The molecule has 98 valence electrons. The maximum atomic E-state index is 11.4. The Morgan fingerprint density at radius 1 is 1.32 bits per heavy atom. The van der Waals surface area contributed by atoms with E-state index in [0.29, 0.717) is 0 Å². The molecule has 0 aliphatic heterocycles. The van der Waals surface area contributed by atoms with Gasteiger partial charge in [-0.25, -0.2) is 4.68 Å². The molecule has 0 bridgehead atoms. The monoisotopic (exact) mass is 320 g/mol. The summed E-state index contributed by atoms with van der Waals surface area (Å²) in [5.74, 6) is -0.715. The van der Waals surface area contributed by atoms with Crippen LogP contribution in [-0.4, -0.2) is 20.9 Å². The molecule has 19 heavy (non-hydrogen) atoms. The zero-order valence-corrected chi connectivity index (χ0v) is 11.8. The van der Waals surface area contributed by atoms with E-state index in [0.717, 1.165) is 35.0 Å². The van der Waals surface area contributed by atoms with Crippen LogP contribution in [0.3, 0.4) is 0 Å². The minimum absolute atomic E-state index is 0.663. The topological polar surface area (TPSA) is 55.1 Å². The Labute approximate surface area is 119 Å². The fraction of sp³-hybridized carbons (Fsp3) is 0.286. The summed E-state index contributed by atoms with van der Waals surface area (Å²) < 4.78 is 2.67. The quantitative estimate of drug-likeness (QED) is 0.945. The molecular formula is C14H13BrN2O2. The molecule has 1 saturated carbocycles. The lowest BCUT2D eigenvalue weighted by atomic mass is 9.64. The van der Waals surface area contributed by atoms with Crippen LogP contribution in [0.4, 0.5) is 0 Å². The van der Waals surface area contributed by atoms with Crippen LogP contribution in [0.2, 0.25) is 0 Å². The maximum Gasteiger partial charge on any atom is 0.314 e. The van der Waals surface area contributed by atoms with E-state index < -0.39 is 11.4 Å². The number of halogens is 1. The Balaban J connectivity index is 1.93. The minimum atomic E-state index is -0.715. The molecule has 0 spiro atoms. The number of hydrogen-bond acceptors (Lipinski definition) is 2. The van der Waals surface area contributed by atoms with Crippen molar-refractivity contribution < 1.29 is 9.90 Å². The third-order valence-electron chi connectivity index (χ3n) is 3.85. The number of aromatic nitrogens is 2. The molecule has 1 aromatic heterocycles. The van der Waals surface area contributed by atoms with Crippen LogP contribution in [0.25, 0.3) is 5.69 Å². The maximum absolute atomic E-state index is 11.4. The smallest absolute Gasteiger partial charge is 0.314 e. The number of aliphatic carboxylic acids is 1. The SMILES string of the molecule is O=C(O)C1(c2ccc(-n3cc(Br)cn3)cc2)CCC1. The molecule has 0 radical (unpaired) electrons. The van der Waals surface area contributed by atoms with E-state index in [1.807, 2.05) is 30.5 Å². The first-order valence-electron chi connectivity index (χ1n) is 6.16. The molecular weight excluding hydrogens is 308 g/mol. The predicted molar refractivity (Wildman–Crippen MR) is 74.4 cm³/mol. The van der Waals surface area contributed by atoms with E-state index in [9.17, 15) is 9.90 Å². The van der Waals surface area contributed by atoms with Gasteiger partial charge in [0.15, 0.2) is 0 Å². The third kappa shape index (κ3) is 1.98. The molecule has 1 heterocycles. The van der Waals surface area contributed by atoms with Crippen LogP contribution >= 0.6 is 15.9 Å². The molecule has 4 nitrogen and oxygen atoms in total. The lowest BCUT2D eigenvalue weighted by molar-refractivity contribution is -0.147. The minimum Gasteiger partial charge on any atom is -0.481 e. The van der Waals surface area contributed by atoms with Gasteiger partial charge < -0.3 is 5.11 Å². The van der Waals surface area contributed by atoms with Crippen LogP contribution in [0.15, 0.2) is 41.1 Å². The summed E-state index contributed by atoms with van der Waals surface area (Å²) in [6, 6.07) is 7.63. The van der Waals surface area contributed by atoms with E-state index in [-0.39, 0.29) is 0 Å². The van der Waals surface area contributed by atoms with Gasteiger partial charge in [0.25, 0.3) is 0 Å². The van der Waals surface area contributed by atoms with E-state index in [1.54, 1.807) is 10.9 Å². The van der Waals surface area contributed by atoms with Gasteiger partial charge in [-0.2, -0.15) is 5.10 Å². The first kappa shape index (κ1) is 12.4. The first-order chi connectivity index (χ1) is 9.12. The number of carboxylic acids is 1. The molecule has 1 aliphatic rings. The Morgan fingerprint density at radius 3 is 2.42 bits per heavy atom. The van der Waals surface area contributed by atoms with Crippen molar-refractivity contribution in [2.45, 2.75) is 24.7 Å². The highest BCUT2D eigenvalue weighted by Crippen LogP contribution is 2.44. The fourth-order valence-corrected chi connectivity index (χ4v) is 2.82. The largest absolute Gasteiger partial charge is 0.481 e. The van der Waals surface area contributed by atoms with E-state index in [2.05, 4.69) is 21.0 Å². The number of carbonyl (C=O) groups is 1. The van der Waals surface area contributed by atoms with Gasteiger partial charge in [0, 0.05) is 6.20 Å². The molecule has 0 unspecified atom stereocenters. The summed E-state index contributed by atoms with van der Waals surface area (Å²) in [7, 11) is 0. The van der Waals surface area contributed by atoms with Crippen molar-refractivity contribution in [1.29, 1.82) is 0 Å². The predicted octanol–water partition coefficient (Wildman–Crippen LogP) is 3.14. The van der Waals surface area contributed by atoms with Gasteiger partial charge in [-0.05, 0) is 46.5 Å². The molecule has 0 amide bonds. The number of rotatable bonds is 3. The van der Waals surface area contributed by atoms with Crippen molar-refractivity contribution in [3.05, 3.63) is 46.7 Å². The number of hydrogen-bond donors (Lipinski definition) is 1. The van der Waals surface area contributed by atoms with Crippen LogP contribution in [-0.2, 0) is 10.2 Å². The van der Waals surface area contributed by atoms with Gasteiger partial charge in [-0.3, -0.25) is 4.79 Å². The highest BCUT2D eigenvalue weighted by molar-refractivity contribution is 9.10. The molecule has 1 N–H and O–H groups in total. The van der Waals surface area contributed by atoms with Gasteiger partial charge in [0.2, 0.25) is 0 Å². The fourth-order valence-electron chi connectivity index (χ4n) is 2.53. The molecule has 1 aliphatic carbocycles. The normalized spacial score (nSPS) is 16.9.